The summed E-state index contributed by atoms with van der Waals surface area (Å²) in [5.41, 5.74) is -0.381. The molecule has 2 rings (SSSR count). The van der Waals surface area contributed by atoms with Crippen molar-refractivity contribution in [3.8, 4) is 5.75 Å². The second kappa shape index (κ2) is 7.82. The first-order valence-electron chi connectivity index (χ1n) is 6.27. The van der Waals surface area contributed by atoms with Gasteiger partial charge in [-0.05, 0) is 19.1 Å². The van der Waals surface area contributed by atoms with Gasteiger partial charge < -0.3 is 22.3 Å². The van der Waals surface area contributed by atoms with E-state index in [2.05, 4.69) is 4.98 Å². The van der Waals surface area contributed by atoms with E-state index in [1.54, 1.807) is 6.20 Å². The predicted octanol–water partition coefficient (Wildman–Crippen LogP) is -0.592. The van der Waals surface area contributed by atoms with Crippen LogP contribution in [0.4, 0.5) is 12.9 Å². The van der Waals surface area contributed by atoms with Gasteiger partial charge in [0.05, 0.1) is 6.61 Å². The van der Waals surface area contributed by atoms with Crippen molar-refractivity contribution in [3.05, 3.63) is 42.0 Å². The van der Waals surface area contributed by atoms with E-state index in [1.807, 2.05) is 17.8 Å². The number of hydrogen-bond donors (Lipinski definition) is 0. The second-order valence-electron chi connectivity index (χ2n) is 4.65. The van der Waals surface area contributed by atoms with Gasteiger partial charge in [-0.15, -0.1) is 5.46 Å². The van der Waals surface area contributed by atoms with Crippen LogP contribution in [-0.4, -0.2) is 23.1 Å². The molecule has 1 aromatic carbocycles. The molecule has 0 aliphatic heterocycles. The van der Waals surface area contributed by atoms with Crippen LogP contribution >= 0.6 is 0 Å². The van der Waals surface area contributed by atoms with Crippen LogP contribution in [0, 0.1) is 6.92 Å². The summed E-state index contributed by atoms with van der Waals surface area (Å²) in [5.74, 6) is 1.32. The summed E-state index contributed by atoms with van der Waals surface area (Å²) in [5, 5.41) is 0. The summed E-state index contributed by atoms with van der Waals surface area (Å²) in [4.78, 5) is 4.15. The molecular formula is C13H15BF3KN2O. The Hall–Kier alpha value is -0.279. The zero-order valence-corrected chi connectivity index (χ0v) is 15.4. The number of benzene rings is 1. The fraction of sp³-hybridized carbons (Fsp3) is 0.308. The van der Waals surface area contributed by atoms with Crippen LogP contribution in [0.15, 0.2) is 30.6 Å². The molecule has 108 valence electrons. The van der Waals surface area contributed by atoms with Crippen molar-refractivity contribution < 1.29 is 69.1 Å². The molecule has 2 aromatic rings. The number of rotatable bonds is 5. The summed E-state index contributed by atoms with van der Waals surface area (Å²) in [7, 11) is 1.88. The second-order valence-corrected chi connectivity index (χ2v) is 4.65. The number of aryl methyl sites for hydroxylation is 2. The molecule has 0 aliphatic rings. The van der Waals surface area contributed by atoms with E-state index in [4.69, 9.17) is 4.74 Å². The average molecular weight is 322 g/mol. The van der Waals surface area contributed by atoms with E-state index in [1.165, 1.54) is 19.1 Å². The van der Waals surface area contributed by atoms with Crippen LogP contribution in [0.1, 0.15) is 11.4 Å². The van der Waals surface area contributed by atoms with Crippen molar-refractivity contribution in [2.24, 2.45) is 7.05 Å². The van der Waals surface area contributed by atoms with Crippen LogP contribution in [0.25, 0.3) is 0 Å². The molecular weight excluding hydrogens is 307 g/mol. The molecule has 0 saturated heterocycles. The SMILES string of the molecule is Cc1cc(OCCc2nccn2C)ccc1[B-](F)(F)F.[K+]. The van der Waals surface area contributed by atoms with E-state index in [-0.39, 0.29) is 56.9 Å². The molecule has 0 saturated carbocycles. The maximum atomic E-state index is 12.7. The van der Waals surface area contributed by atoms with Gasteiger partial charge in [0, 0.05) is 25.9 Å². The van der Waals surface area contributed by atoms with Gasteiger partial charge >= 0.3 is 58.4 Å². The largest absolute Gasteiger partial charge is 1.00 e. The Morgan fingerprint density at radius 2 is 2.00 bits per heavy atom. The van der Waals surface area contributed by atoms with E-state index in [9.17, 15) is 12.9 Å². The van der Waals surface area contributed by atoms with Crippen molar-refractivity contribution in [2.45, 2.75) is 13.3 Å². The van der Waals surface area contributed by atoms with E-state index in [0.717, 1.165) is 11.9 Å². The molecule has 0 atom stereocenters. The quantitative estimate of drug-likeness (QED) is 0.688. The first-order valence-corrected chi connectivity index (χ1v) is 6.27. The molecule has 3 nitrogen and oxygen atoms in total. The van der Waals surface area contributed by atoms with Crippen LogP contribution in [0.2, 0.25) is 0 Å². The maximum Gasteiger partial charge on any atom is 1.00 e. The zero-order chi connectivity index (χ0) is 14.8. The normalized spacial score (nSPS) is 11.1. The number of hydrogen-bond acceptors (Lipinski definition) is 2. The topological polar surface area (TPSA) is 27.1 Å². The van der Waals surface area contributed by atoms with E-state index < -0.39 is 12.4 Å². The van der Waals surface area contributed by atoms with Gasteiger partial charge in [-0.25, -0.2) is 4.98 Å². The first kappa shape index (κ1) is 18.8. The summed E-state index contributed by atoms with van der Waals surface area (Å²) in [6.45, 7) is -3.15. The van der Waals surface area contributed by atoms with Crippen LogP contribution < -0.4 is 61.6 Å². The van der Waals surface area contributed by atoms with Gasteiger partial charge in [-0.1, -0.05) is 11.6 Å². The van der Waals surface area contributed by atoms with Crippen LogP contribution in [0.5, 0.6) is 5.75 Å². The van der Waals surface area contributed by atoms with Crippen molar-refractivity contribution >= 4 is 12.4 Å². The fourth-order valence-electron chi connectivity index (χ4n) is 2.00. The number of nitrogens with zero attached hydrogens (tertiary/aromatic N) is 2. The Kier molecular flexibility index (Phi) is 6.99. The standard InChI is InChI=1S/C13H15BF3N2O.K/c1-10-9-11(3-4-12(10)14(15,16)17)20-8-5-13-18-6-7-19(13)2;/h3-4,6-7,9H,5,8H2,1-2H3;/q-1;+1. The van der Waals surface area contributed by atoms with Crippen molar-refractivity contribution in [1.29, 1.82) is 0 Å². The van der Waals surface area contributed by atoms with Gasteiger partial charge in [-0.3, -0.25) is 0 Å². The minimum Gasteiger partial charge on any atom is -0.493 e. The Balaban J connectivity index is 0.00000220. The molecule has 21 heavy (non-hydrogen) atoms. The minimum absolute atomic E-state index is 0. The fourth-order valence-corrected chi connectivity index (χ4v) is 2.00. The summed E-state index contributed by atoms with van der Waals surface area (Å²) in [6.07, 6.45) is 4.13. The minimum atomic E-state index is -4.97. The molecule has 0 unspecified atom stereocenters. The van der Waals surface area contributed by atoms with Crippen molar-refractivity contribution in [1.82, 2.24) is 9.55 Å². The van der Waals surface area contributed by atoms with Gasteiger partial charge in [0.25, 0.3) is 0 Å². The summed E-state index contributed by atoms with van der Waals surface area (Å²) in [6, 6.07) is 3.85. The third kappa shape index (κ3) is 5.14. The monoisotopic (exact) mass is 322 g/mol. The smallest absolute Gasteiger partial charge is 0.493 e. The van der Waals surface area contributed by atoms with Gasteiger partial charge in [0.2, 0.25) is 0 Å². The first-order chi connectivity index (χ1) is 9.38. The van der Waals surface area contributed by atoms with Crippen LogP contribution in [-0.2, 0) is 13.5 Å². The number of halogens is 3. The van der Waals surface area contributed by atoms with Crippen molar-refractivity contribution in [2.75, 3.05) is 6.61 Å². The summed E-state index contributed by atoms with van der Waals surface area (Å²) < 4.78 is 45.4. The zero-order valence-electron chi connectivity index (χ0n) is 12.3. The molecule has 8 heteroatoms. The van der Waals surface area contributed by atoms with Gasteiger partial charge in [0.15, 0.2) is 0 Å². The third-order valence-electron chi connectivity index (χ3n) is 3.11. The Labute approximate surface area is 164 Å². The maximum absolute atomic E-state index is 12.7. The molecule has 0 fully saturated rings. The molecule has 0 spiro atoms. The molecule has 1 heterocycles. The molecule has 1 aromatic heterocycles. The number of imidazole rings is 1. The van der Waals surface area contributed by atoms with E-state index >= 15 is 0 Å². The van der Waals surface area contributed by atoms with Crippen molar-refractivity contribution in [3.63, 3.8) is 0 Å². The number of ether oxygens (including phenoxy) is 1. The molecule has 0 amide bonds. The molecule has 0 bridgehead atoms. The Morgan fingerprint density at radius 1 is 1.29 bits per heavy atom. The average Bonchev–Trinajstić information content (AvgIpc) is 2.73. The Morgan fingerprint density at radius 3 is 2.52 bits per heavy atom. The Bertz CT molecular complexity index is 601. The predicted molar refractivity (Wildman–Crippen MR) is 72.3 cm³/mol. The molecule has 0 radical (unpaired) electrons. The van der Waals surface area contributed by atoms with E-state index in [0.29, 0.717) is 18.8 Å². The van der Waals surface area contributed by atoms with Gasteiger partial charge in [0.1, 0.15) is 11.6 Å². The third-order valence-corrected chi connectivity index (χ3v) is 3.11. The van der Waals surface area contributed by atoms with Crippen LogP contribution in [0.3, 0.4) is 0 Å². The van der Waals surface area contributed by atoms with Gasteiger partial charge in [-0.2, -0.15) is 0 Å². The molecule has 0 aliphatic carbocycles. The summed E-state index contributed by atoms with van der Waals surface area (Å²) >= 11 is 0. The molecule has 0 N–H and O–H groups in total. The number of aromatic nitrogens is 2.